The zero-order chi connectivity index (χ0) is 10.8. The van der Waals surface area contributed by atoms with Crippen molar-refractivity contribution in [2.75, 3.05) is 27.2 Å². The average Bonchev–Trinajstić information content (AvgIpc) is 2.25. The molecule has 1 aliphatic carbocycles. The van der Waals surface area contributed by atoms with Crippen molar-refractivity contribution < 1.29 is 0 Å². The molecule has 0 atom stereocenters. The Balaban J connectivity index is 0.000000791. The van der Waals surface area contributed by atoms with Crippen LogP contribution in [0.5, 0.6) is 0 Å². The third-order valence-corrected chi connectivity index (χ3v) is 2.95. The van der Waals surface area contributed by atoms with E-state index < -0.39 is 0 Å². The normalized spacial score (nSPS) is 26.6. The van der Waals surface area contributed by atoms with Crippen molar-refractivity contribution in [3.05, 3.63) is 0 Å². The molecule has 0 bridgehead atoms. The molecule has 0 radical (unpaired) electrons. The molecule has 14 heavy (non-hydrogen) atoms. The summed E-state index contributed by atoms with van der Waals surface area (Å²) in [5, 5.41) is 6.54. The van der Waals surface area contributed by atoms with E-state index in [1.807, 2.05) is 13.8 Å². The molecule has 2 N–H and O–H groups in total. The van der Waals surface area contributed by atoms with Gasteiger partial charge in [-0.2, -0.15) is 0 Å². The molecule has 0 aromatic heterocycles. The average molecular weight is 200 g/mol. The molecule has 0 aliphatic heterocycles. The summed E-state index contributed by atoms with van der Waals surface area (Å²) >= 11 is 0. The molecule has 2 heteroatoms. The maximum atomic E-state index is 3.27. The molecule has 1 aliphatic rings. The molecule has 0 aromatic rings. The van der Waals surface area contributed by atoms with Gasteiger partial charge in [0, 0.05) is 0 Å². The summed E-state index contributed by atoms with van der Waals surface area (Å²) in [6.07, 6.45) is 5.70. The lowest BCUT2D eigenvalue weighted by atomic mass is 9.82. The third-order valence-electron chi connectivity index (χ3n) is 2.95. The summed E-state index contributed by atoms with van der Waals surface area (Å²) < 4.78 is 0. The second kappa shape index (κ2) is 9.47. The van der Waals surface area contributed by atoms with Crippen molar-refractivity contribution in [2.45, 2.75) is 39.5 Å². The number of nitrogens with one attached hydrogen (secondary N) is 2. The highest BCUT2D eigenvalue weighted by Crippen LogP contribution is 2.27. The van der Waals surface area contributed by atoms with Crippen LogP contribution in [-0.2, 0) is 0 Å². The van der Waals surface area contributed by atoms with Crippen LogP contribution in [0, 0.1) is 11.8 Å². The molecule has 2 nitrogen and oxygen atoms in total. The van der Waals surface area contributed by atoms with E-state index in [0.29, 0.717) is 0 Å². The van der Waals surface area contributed by atoms with Crippen LogP contribution in [0.4, 0.5) is 0 Å². The van der Waals surface area contributed by atoms with Crippen molar-refractivity contribution in [3.63, 3.8) is 0 Å². The van der Waals surface area contributed by atoms with Crippen LogP contribution in [0.25, 0.3) is 0 Å². The molecule has 0 aromatic carbocycles. The van der Waals surface area contributed by atoms with Gasteiger partial charge in [0.1, 0.15) is 0 Å². The molecule has 86 valence electrons. The van der Waals surface area contributed by atoms with Crippen molar-refractivity contribution >= 4 is 0 Å². The van der Waals surface area contributed by atoms with Gasteiger partial charge in [0.05, 0.1) is 0 Å². The Labute approximate surface area is 89.9 Å². The van der Waals surface area contributed by atoms with Crippen LogP contribution in [-0.4, -0.2) is 27.2 Å². The maximum Gasteiger partial charge on any atom is -0.00235 e. The Morgan fingerprint density at radius 1 is 0.786 bits per heavy atom. The lowest BCUT2D eigenvalue weighted by Crippen LogP contribution is -2.28. The zero-order valence-electron chi connectivity index (χ0n) is 10.4. The van der Waals surface area contributed by atoms with Crippen molar-refractivity contribution in [1.29, 1.82) is 0 Å². The van der Waals surface area contributed by atoms with Crippen LogP contribution in [0.1, 0.15) is 39.5 Å². The minimum Gasteiger partial charge on any atom is -0.319 e. The fourth-order valence-corrected chi connectivity index (χ4v) is 2.22. The quantitative estimate of drug-likeness (QED) is 0.727. The van der Waals surface area contributed by atoms with E-state index in [0.717, 1.165) is 11.8 Å². The molecule has 0 heterocycles. The Hall–Kier alpha value is -0.0800. The van der Waals surface area contributed by atoms with Gasteiger partial charge in [0.15, 0.2) is 0 Å². The maximum absolute atomic E-state index is 3.27. The van der Waals surface area contributed by atoms with Crippen LogP contribution in [0.3, 0.4) is 0 Å². The van der Waals surface area contributed by atoms with Crippen LogP contribution in [0.15, 0.2) is 0 Å². The first kappa shape index (κ1) is 13.9. The highest BCUT2D eigenvalue weighted by molar-refractivity contribution is 4.74. The van der Waals surface area contributed by atoms with Gasteiger partial charge in [-0.25, -0.2) is 0 Å². The molecule has 0 saturated heterocycles. The largest absolute Gasteiger partial charge is 0.319 e. The van der Waals surface area contributed by atoms with Gasteiger partial charge < -0.3 is 10.6 Å². The minimum absolute atomic E-state index is 0.947. The van der Waals surface area contributed by atoms with Crippen molar-refractivity contribution in [3.8, 4) is 0 Å². The monoisotopic (exact) mass is 200 g/mol. The molecule has 0 amide bonds. The fraction of sp³-hybridized carbons (Fsp3) is 1.00. The molecular formula is C12H28N2. The van der Waals surface area contributed by atoms with Gasteiger partial charge in [-0.15, -0.1) is 0 Å². The number of hydrogen-bond donors (Lipinski definition) is 2. The van der Waals surface area contributed by atoms with E-state index in [1.54, 1.807) is 0 Å². The summed E-state index contributed by atoms with van der Waals surface area (Å²) in [4.78, 5) is 0. The molecule has 1 saturated carbocycles. The predicted molar refractivity (Wildman–Crippen MR) is 64.6 cm³/mol. The second-order valence-electron chi connectivity index (χ2n) is 4.00. The van der Waals surface area contributed by atoms with E-state index in [4.69, 9.17) is 0 Å². The zero-order valence-corrected chi connectivity index (χ0v) is 10.4. The summed E-state index contributed by atoms with van der Waals surface area (Å²) in [7, 11) is 4.11. The van der Waals surface area contributed by atoms with Crippen LogP contribution < -0.4 is 10.6 Å². The van der Waals surface area contributed by atoms with E-state index in [1.165, 1.54) is 38.8 Å². The van der Waals surface area contributed by atoms with Gasteiger partial charge in [-0.05, 0) is 64.7 Å². The Morgan fingerprint density at radius 2 is 1.07 bits per heavy atom. The van der Waals surface area contributed by atoms with Gasteiger partial charge in [-0.3, -0.25) is 0 Å². The topological polar surface area (TPSA) is 24.1 Å². The second-order valence-corrected chi connectivity index (χ2v) is 4.00. The highest BCUT2D eigenvalue weighted by Gasteiger charge is 2.19. The summed E-state index contributed by atoms with van der Waals surface area (Å²) in [5.41, 5.74) is 0. The van der Waals surface area contributed by atoms with Gasteiger partial charge >= 0.3 is 0 Å². The molecule has 0 unspecified atom stereocenters. The SMILES string of the molecule is CC.CNCC1CCC(CNC)CC1. The predicted octanol–water partition coefficient (Wildman–Crippen LogP) is 2.26. The van der Waals surface area contributed by atoms with Crippen LogP contribution >= 0.6 is 0 Å². The first-order chi connectivity index (χ1) is 6.86. The Kier molecular flexibility index (Phi) is 9.42. The van der Waals surface area contributed by atoms with Gasteiger partial charge in [0.25, 0.3) is 0 Å². The number of hydrogen-bond acceptors (Lipinski definition) is 2. The third kappa shape index (κ3) is 5.61. The standard InChI is InChI=1S/C10H22N2.C2H6/c1-11-7-9-3-5-10(6-4-9)8-12-2;1-2/h9-12H,3-8H2,1-2H3;1-2H3. The van der Waals surface area contributed by atoms with E-state index in [9.17, 15) is 0 Å². The van der Waals surface area contributed by atoms with Gasteiger partial charge in [0.2, 0.25) is 0 Å². The Bertz CT molecular complexity index is 92.9. The molecular weight excluding hydrogens is 172 g/mol. The molecule has 1 fully saturated rings. The first-order valence-corrected chi connectivity index (χ1v) is 6.16. The van der Waals surface area contributed by atoms with E-state index >= 15 is 0 Å². The lowest BCUT2D eigenvalue weighted by molar-refractivity contribution is 0.268. The van der Waals surface area contributed by atoms with Crippen molar-refractivity contribution in [1.82, 2.24) is 10.6 Å². The molecule has 0 spiro atoms. The van der Waals surface area contributed by atoms with E-state index in [2.05, 4.69) is 24.7 Å². The lowest BCUT2D eigenvalue weighted by Gasteiger charge is -2.28. The smallest absolute Gasteiger partial charge is 0.00235 e. The summed E-state index contributed by atoms with van der Waals surface area (Å²) in [6, 6.07) is 0. The van der Waals surface area contributed by atoms with Crippen LogP contribution in [0.2, 0.25) is 0 Å². The molecule has 1 rings (SSSR count). The summed E-state index contributed by atoms with van der Waals surface area (Å²) in [5.74, 6) is 1.89. The van der Waals surface area contributed by atoms with Gasteiger partial charge in [-0.1, -0.05) is 13.8 Å². The number of rotatable bonds is 4. The first-order valence-electron chi connectivity index (χ1n) is 6.16. The summed E-state index contributed by atoms with van der Waals surface area (Å²) in [6.45, 7) is 6.43. The van der Waals surface area contributed by atoms with E-state index in [-0.39, 0.29) is 0 Å². The fourth-order valence-electron chi connectivity index (χ4n) is 2.22. The van der Waals surface area contributed by atoms with Crippen molar-refractivity contribution in [2.24, 2.45) is 11.8 Å². The minimum atomic E-state index is 0.947. The Morgan fingerprint density at radius 3 is 1.29 bits per heavy atom. The highest BCUT2D eigenvalue weighted by atomic mass is 14.8.